The highest BCUT2D eigenvalue weighted by Crippen LogP contribution is 2.06. The molecular weight excluding hydrogens is 262 g/mol. The minimum atomic E-state index is 0.136. The van der Waals surface area contributed by atoms with E-state index in [0.29, 0.717) is 5.56 Å². The Morgan fingerprint density at radius 3 is 2.62 bits per heavy atom. The molecule has 0 amide bonds. The summed E-state index contributed by atoms with van der Waals surface area (Å²) in [6.07, 6.45) is 2.53. The van der Waals surface area contributed by atoms with Crippen molar-refractivity contribution in [1.82, 2.24) is 10.3 Å². The van der Waals surface area contributed by atoms with Crippen LogP contribution in [0.15, 0.2) is 48.7 Å². The Bertz CT molecular complexity index is 575. The fourth-order valence-electron chi connectivity index (χ4n) is 2.13. The molecule has 0 aliphatic rings. The van der Waals surface area contributed by atoms with E-state index in [1.165, 1.54) is 0 Å². The number of aliphatic hydroxyl groups excluding tert-OH is 1. The molecule has 1 aromatic heterocycles. The zero-order valence-corrected chi connectivity index (χ0v) is 11.9. The molecule has 21 heavy (non-hydrogen) atoms. The molecule has 108 valence electrons. The Kier molecular flexibility index (Phi) is 5.89. The van der Waals surface area contributed by atoms with Crippen LogP contribution in [0.5, 0.6) is 0 Å². The summed E-state index contributed by atoms with van der Waals surface area (Å²) >= 11 is 0. The van der Waals surface area contributed by atoms with Crippen molar-refractivity contribution in [3.63, 3.8) is 0 Å². The standard InChI is InChI=1S/C17H19N3O/c18-10-14-4-6-15(7-5-14)11-19-12-16(13-21)9-17-3-1-2-8-20-17/h1-8,16,19,21H,9,11-13H2. The first-order valence-corrected chi connectivity index (χ1v) is 7.02. The minimum Gasteiger partial charge on any atom is -0.396 e. The van der Waals surface area contributed by atoms with Crippen molar-refractivity contribution in [3.05, 3.63) is 65.5 Å². The number of hydrogen-bond acceptors (Lipinski definition) is 4. The lowest BCUT2D eigenvalue weighted by atomic mass is 10.0. The lowest BCUT2D eigenvalue weighted by Gasteiger charge is -2.14. The molecule has 1 atom stereocenters. The molecule has 1 unspecified atom stereocenters. The summed E-state index contributed by atoms with van der Waals surface area (Å²) in [5.41, 5.74) is 2.79. The Hall–Kier alpha value is -2.22. The monoisotopic (exact) mass is 281 g/mol. The second-order valence-electron chi connectivity index (χ2n) is 5.01. The van der Waals surface area contributed by atoms with Gasteiger partial charge in [-0.2, -0.15) is 5.26 Å². The summed E-state index contributed by atoms with van der Waals surface area (Å²) in [5, 5.41) is 21.5. The second-order valence-corrected chi connectivity index (χ2v) is 5.01. The van der Waals surface area contributed by atoms with Crippen molar-refractivity contribution in [2.45, 2.75) is 13.0 Å². The number of hydrogen-bond donors (Lipinski definition) is 2. The van der Waals surface area contributed by atoms with Crippen LogP contribution in [0.2, 0.25) is 0 Å². The summed E-state index contributed by atoms with van der Waals surface area (Å²) < 4.78 is 0. The number of nitrogens with zero attached hydrogens (tertiary/aromatic N) is 2. The van der Waals surface area contributed by atoms with Crippen molar-refractivity contribution in [2.24, 2.45) is 5.92 Å². The largest absolute Gasteiger partial charge is 0.396 e. The molecule has 0 saturated heterocycles. The third kappa shape index (κ3) is 4.99. The molecule has 1 aromatic carbocycles. The number of pyridine rings is 1. The molecule has 4 heteroatoms. The average molecular weight is 281 g/mol. The van der Waals surface area contributed by atoms with Gasteiger partial charge in [-0.1, -0.05) is 18.2 Å². The van der Waals surface area contributed by atoms with Crippen molar-refractivity contribution in [2.75, 3.05) is 13.2 Å². The van der Waals surface area contributed by atoms with Crippen molar-refractivity contribution in [1.29, 1.82) is 5.26 Å². The molecule has 0 spiro atoms. The van der Waals surface area contributed by atoms with Gasteiger partial charge >= 0.3 is 0 Å². The first-order chi connectivity index (χ1) is 10.3. The maximum Gasteiger partial charge on any atom is 0.0991 e. The molecule has 0 radical (unpaired) electrons. The zero-order chi connectivity index (χ0) is 14.9. The van der Waals surface area contributed by atoms with Crippen LogP contribution in [0.3, 0.4) is 0 Å². The number of aliphatic hydroxyl groups is 1. The van der Waals surface area contributed by atoms with Crippen LogP contribution in [0.1, 0.15) is 16.8 Å². The highest BCUT2D eigenvalue weighted by Gasteiger charge is 2.09. The molecule has 1 heterocycles. The van der Waals surface area contributed by atoms with Gasteiger partial charge in [-0.15, -0.1) is 0 Å². The van der Waals surface area contributed by atoms with E-state index in [-0.39, 0.29) is 12.5 Å². The smallest absolute Gasteiger partial charge is 0.0991 e. The lowest BCUT2D eigenvalue weighted by Crippen LogP contribution is -2.26. The van der Waals surface area contributed by atoms with Gasteiger partial charge in [0, 0.05) is 31.6 Å². The van der Waals surface area contributed by atoms with Gasteiger partial charge in [0.1, 0.15) is 0 Å². The summed E-state index contributed by atoms with van der Waals surface area (Å²) in [6, 6.07) is 15.4. The Morgan fingerprint density at radius 2 is 2.00 bits per heavy atom. The normalized spacial score (nSPS) is 11.8. The molecule has 4 nitrogen and oxygen atoms in total. The van der Waals surface area contributed by atoms with Crippen LogP contribution in [0.25, 0.3) is 0 Å². The maximum absolute atomic E-state index is 9.45. The Balaban J connectivity index is 1.79. The molecule has 0 bridgehead atoms. The van der Waals surface area contributed by atoms with Crippen molar-refractivity contribution >= 4 is 0 Å². The summed E-state index contributed by atoms with van der Waals surface area (Å²) in [4.78, 5) is 4.28. The van der Waals surface area contributed by atoms with Crippen LogP contribution >= 0.6 is 0 Å². The van der Waals surface area contributed by atoms with Crippen LogP contribution in [-0.4, -0.2) is 23.2 Å². The van der Waals surface area contributed by atoms with E-state index < -0.39 is 0 Å². The second kappa shape index (κ2) is 8.15. The Labute approximate surface area is 125 Å². The number of nitrogens with one attached hydrogen (secondary N) is 1. The van der Waals surface area contributed by atoms with Crippen LogP contribution in [0, 0.1) is 17.2 Å². The SMILES string of the molecule is N#Cc1ccc(CNCC(CO)Cc2ccccn2)cc1. The highest BCUT2D eigenvalue weighted by molar-refractivity contribution is 5.31. The van der Waals surface area contributed by atoms with E-state index in [1.54, 1.807) is 6.20 Å². The van der Waals surface area contributed by atoms with Gasteiger partial charge in [0.15, 0.2) is 0 Å². The predicted octanol–water partition coefficient (Wildman–Crippen LogP) is 1.89. The van der Waals surface area contributed by atoms with Crippen LogP contribution in [-0.2, 0) is 13.0 Å². The van der Waals surface area contributed by atoms with E-state index >= 15 is 0 Å². The number of rotatable bonds is 7. The zero-order valence-electron chi connectivity index (χ0n) is 11.9. The lowest BCUT2D eigenvalue weighted by molar-refractivity contribution is 0.220. The maximum atomic E-state index is 9.45. The predicted molar refractivity (Wildman–Crippen MR) is 81.4 cm³/mol. The Morgan fingerprint density at radius 1 is 1.19 bits per heavy atom. The molecule has 2 N–H and O–H groups in total. The first-order valence-electron chi connectivity index (χ1n) is 7.02. The number of aromatic nitrogens is 1. The molecule has 2 rings (SSSR count). The van der Waals surface area contributed by atoms with E-state index in [4.69, 9.17) is 5.26 Å². The van der Waals surface area contributed by atoms with Crippen LogP contribution in [0.4, 0.5) is 0 Å². The van der Waals surface area contributed by atoms with Crippen LogP contribution < -0.4 is 5.32 Å². The van der Waals surface area contributed by atoms with Gasteiger partial charge in [-0.05, 0) is 42.2 Å². The van der Waals surface area contributed by atoms with Gasteiger partial charge in [0.05, 0.1) is 11.6 Å². The quantitative estimate of drug-likeness (QED) is 0.813. The van der Waals surface area contributed by atoms with Gasteiger partial charge in [0.25, 0.3) is 0 Å². The van der Waals surface area contributed by atoms with E-state index in [0.717, 1.165) is 30.8 Å². The number of nitriles is 1. The van der Waals surface area contributed by atoms with Gasteiger partial charge < -0.3 is 10.4 Å². The molecule has 0 aliphatic heterocycles. The highest BCUT2D eigenvalue weighted by atomic mass is 16.3. The average Bonchev–Trinajstić information content (AvgIpc) is 2.55. The van der Waals surface area contributed by atoms with Gasteiger partial charge in [0.2, 0.25) is 0 Å². The number of benzene rings is 1. The molecule has 0 aliphatic carbocycles. The van der Waals surface area contributed by atoms with Gasteiger partial charge in [-0.25, -0.2) is 0 Å². The summed E-state index contributed by atoms with van der Waals surface area (Å²) in [5.74, 6) is 0.151. The van der Waals surface area contributed by atoms with Gasteiger partial charge in [-0.3, -0.25) is 4.98 Å². The minimum absolute atomic E-state index is 0.136. The fourth-order valence-corrected chi connectivity index (χ4v) is 2.13. The third-order valence-electron chi connectivity index (χ3n) is 3.33. The summed E-state index contributed by atoms with van der Waals surface area (Å²) in [7, 11) is 0. The third-order valence-corrected chi connectivity index (χ3v) is 3.33. The molecule has 0 saturated carbocycles. The summed E-state index contributed by atoms with van der Waals surface area (Å²) in [6.45, 7) is 1.59. The van der Waals surface area contributed by atoms with E-state index in [1.807, 2.05) is 42.5 Å². The van der Waals surface area contributed by atoms with Crippen molar-refractivity contribution < 1.29 is 5.11 Å². The molecule has 2 aromatic rings. The first kappa shape index (κ1) is 15.2. The fraction of sp³-hybridized carbons (Fsp3) is 0.294. The van der Waals surface area contributed by atoms with E-state index in [9.17, 15) is 5.11 Å². The topological polar surface area (TPSA) is 68.9 Å². The molecular formula is C17H19N3O. The van der Waals surface area contributed by atoms with E-state index in [2.05, 4.69) is 16.4 Å². The molecule has 0 fully saturated rings. The van der Waals surface area contributed by atoms with Crippen molar-refractivity contribution in [3.8, 4) is 6.07 Å².